The summed E-state index contributed by atoms with van der Waals surface area (Å²) in [4.78, 5) is 27.7. The smallest absolute Gasteiger partial charge is 0.343 e. The van der Waals surface area contributed by atoms with E-state index in [0.29, 0.717) is 11.6 Å². The predicted molar refractivity (Wildman–Crippen MR) is 113 cm³/mol. The third-order valence-corrected chi connectivity index (χ3v) is 5.61. The van der Waals surface area contributed by atoms with Crippen LogP contribution < -0.4 is 4.90 Å². The van der Waals surface area contributed by atoms with Gasteiger partial charge in [-0.05, 0) is 70.6 Å². The van der Waals surface area contributed by atoms with Gasteiger partial charge >= 0.3 is 5.97 Å². The quantitative estimate of drug-likeness (QED) is 0.639. The standard InChI is InChI=1S/C23H30FN3O3/c1-5-30-23(29)20-14-26(19-8-6-7-18(24)13-19)25-21(20)27(15(2)3)22(28)17-11-9-16(4)10-12-17/h6-8,13-17H,5,9-12H2,1-4H3/t16-,17-. The van der Waals surface area contributed by atoms with Crippen molar-refractivity contribution in [2.75, 3.05) is 11.5 Å². The zero-order valence-corrected chi connectivity index (χ0v) is 18.1. The number of anilines is 1. The van der Waals surface area contributed by atoms with Gasteiger partial charge in [-0.15, -0.1) is 5.10 Å². The van der Waals surface area contributed by atoms with Gasteiger partial charge in [0.15, 0.2) is 5.82 Å². The van der Waals surface area contributed by atoms with Crippen molar-refractivity contribution in [2.45, 2.75) is 59.4 Å². The lowest BCUT2D eigenvalue weighted by Crippen LogP contribution is -2.43. The molecule has 0 atom stereocenters. The minimum atomic E-state index is -0.550. The van der Waals surface area contributed by atoms with Crippen LogP contribution in [0.3, 0.4) is 0 Å². The van der Waals surface area contributed by atoms with E-state index in [2.05, 4.69) is 12.0 Å². The van der Waals surface area contributed by atoms with Gasteiger partial charge in [0.25, 0.3) is 0 Å². The Hall–Kier alpha value is -2.70. The first-order valence-corrected chi connectivity index (χ1v) is 10.7. The fourth-order valence-corrected chi connectivity index (χ4v) is 3.95. The number of nitrogens with zero attached hydrogens (tertiary/aromatic N) is 3. The molecule has 30 heavy (non-hydrogen) atoms. The average molecular weight is 416 g/mol. The SMILES string of the molecule is CCOC(=O)c1cn(-c2cccc(F)c2)nc1N(C(=O)[C@H]1CC[C@H](C)CC1)C(C)C. The molecular weight excluding hydrogens is 385 g/mol. The second-order valence-corrected chi connectivity index (χ2v) is 8.27. The maximum atomic E-state index is 13.7. The number of hydrogen-bond donors (Lipinski definition) is 0. The normalized spacial score (nSPS) is 19.0. The van der Waals surface area contributed by atoms with Crippen LogP contribution in [0.2, 0.25) is 0 Å². The molecule has 1 heterocycles. The Morgan fingerprint density at radius 1 is 1.27 bits per heavy atom. The second-order valence-electron chi connectivity index (χ2n) is 8.27. The summed E-state index contributed by atoms with van der Waals surface area (Å²) in [6.45, 7) is 7.95. The molecule has 6 nitrogen and oxygen atoms in total. The number of benzene rings is 1. The van der Waals surface area contributed by atoms with Crippen molar-refractivity contribution in [1.82, 2.24) is 9.78 Å². The molecule has 1 saturated carbocycles. The van der Waals surface area contributed by atoms with E-state index >= 15 is 0 Å². The molecule has 0 bridgehead atoms. The van der Waals surface area contributed by atoms with Gasteiger partial charge in [-0.2, -0.15) is 0 Å². The van der Waals surface area contributed by atoms with E-state index < -0.39 is 11.8 Å². The number of rotatable bonds is 6. The zero-order chi connectivity index (χ0) is 21.8. The summed E-state index contributed by atoms with van der Waals surface area (Å²) < 4.78 is 20.4. The van der Waals surface area contributed by atoms with Crippen LogP contribution in [-0.2, 0) is 9.53 Å². The molecule has 0 radical (unpaired) electrons. The molecule has 1 aromatic heterocycles. The highest BCUT2D eigenvalue weighted by Crippen LogP contribution is 2.33. The molecule has 1 aromatic carbocycles. The molecule has 0 unspecified atom stereocenters. The van der Waals surface area contributed by atoms with Crippen LogP contribution >= 0.6 is 0 Å². The number of esters is 1. The van der Waals surface area contributed by atoms with Gasteiger partial charge in [0, 0.05) is 18.2 Å². The molecule has 1 amide bonds. The van der Waals surface area contributed by atoms with E-state index in [9.17, 15) is 14.0 Å². The van der Waals surface area contributed by atoms with Crippen molar-refractivity contribution >= 4 is 17.7 Å². The molecule has 162 valence electrons. The average Bonchev–Trinajstić information content (AvgIpc) is 3.13. The summed E-state index contributed by atoms with van der Waals surface area (Å²) in [5, 5.41) is 4.53. The number of ether oxygens (including phenoxy) is 1. The molecule has 0 saturated heterocycles. The van der Waals surface area contributed by atoms with E-state index in [-0.39, 0.29) is 35.9 Å². The maximum absolute atomic E-state index is 13.7. The zero-order valence-electron chi connectivity index (χ0n) is 18.1. The third-order valence-electron chi connectivity index (χ3n) is 5.61. The van der Waals surface area contributed by atoms with E-state index in [4.69, 9.17) is 4.74 Å². The first-order chi connectivity index (χ1) is 14.3. The highest BCUT2D eigenvalue weighted by Gasteiger charge is 2.34. The van der Waals surface area contributed by atoms with Crippen LogP contribution in [0.1, 0.15) is 63.7 Å². The van der Waals surface area contributed by atoms with Crippen LogP contribution in [0.15, 0.2) is 30.5 Å². The lowest BCUT2D eigenvalue weighted by molar-refractivity contribution is -0.124. The Morgan fingerprint density at radius 3 is 2.57 bits per heavy atom. The van der Waals surface area contributed by atoms with E-state index in [0.717, 1.165) is 25.7 Å². The van der Waals surface area contributed by atoms with Crippen molar-refractivity contribution in [3.05, 3.63) is 41.8 Å². The van der Waals surface area contributed by atoms with Gasteiger partial charge in [-0.25, -0.2) is 13.9 Å². The van der Waals surface area contributed by atoms with Crippen LogP contribution in [0.5, 0.6) is 0 Å². The molecule has 7 heteroatoms. The summed E-state index contributed by atoms with van der Waals surface area (Å²) >= 11 is 0. The molecule has 0 aliphatic heterocycles. The Kier molecular flexibility index (Phi) is 6.90. The summed E-state index contributed by atoms with van der Waals surface area (Å²) in [6, 6.07) is 5.74. The highest BCUT2D eigenvalue weighted by atomic mass is 19.1. The van der Waals surface area contributed by atoms with Gasteiger partial charge < -0.3 is 4.74 Å². The number of amides is 1. The molecule has 1 aliphatic carbocycles. The van der Waals surface area contributed by atoms with Crippen LogP contribution in [0.25, 0.3) is 5.69 Å². The van der Waals surface area contributed by atoms with Crippen LogP contribution in [-0.4, -0.2) is 34.3 Å². The van der Waals surface area contributed by atoms with Crippen molar-refractivity contribution in [3.8, 4) is 5.69 Å². The monoisotopic (exact) mass is 415 g/mol. The molecule has 3 rings (SSSR count). The molecule has 1 fully saturated rings. The maximum Gasteiger partial charge on any atom is 0.343 e. The number of hydrogen-bond acceptors (Lipinski definition) is 4. The van der Waals surface area contributed by atoms with Gasteiger partial charge in [-0.3, -0.25) is 9.69 Å². The highest BCUT2D eigenvalue weighted by molar-refractivity contribution is 6.02. The van der Waals surface area contributed by atoms with Crippen LogP contribution in [0, 0.1) is 17.7 Å². The second kappa shape index (κ2) is 9.41. The summed E-state index contributed by atoms with van der Waals surface area (Å²) in [7, 11) is 0. The molecule has 0 N–H and O–H groups in total. The first kappa shape index (κ1) is 22.0. The Balaban J connectivity index is 2.03. The summed E-state index contributed by atoms with van der Waals surface area (Å²) in [6.07, 6.45) is 5.22. The summed E-state index contributed by atoms with van der Waals surface area (Å²) in [5.74, 6) is -0.175. The van der Waals surface area contributed by atoms with Crippen molar-refractivity contribution in [1.29, 1.82) is 0 Å². The first-order valence-electron chi connectivity index (χ1n) is 10.7. The summed E-state index contributed by atoms with van der Waals surface area (Å²) in [5.41, 5.74) is 0.668. The largest absolute Gasteiger partial charge is 0.462 e. The van der Waals surface area contributed by atoms with Gasteiger partial charge in [0.1, 0.15) is 11.4 Å². The molecular formula is C23H30FN3O3. The molecule has 1 aliphatic rings. The topological polar surface area (TPSA) is 64.4 Å². The van der Waals surface area contributed by atoms with E-state index in [1.165, 1.54) is 23.0 Å². The van der Waals surface area contributed by atoms with E-state index in [1.54, 1.807) is 24.0 Å². The lowest BCUT2D eigenvalue weighted by atomic mass is 9.82. The number of carbonyl (C=O) groups is 2. The minimum Gasteiger partial charge on any atom is -0.462 e. The number of carbonyl (C=O) groups excluding carboxylic acids is 2. The fourth-order valence-electron chi connectivity index (χ4n) is 3.95. The third kappa shape index (κ3) is 4.71. The van der Waals surface area contributed by atoms with Crippen LogP contribution in [0.4, 0.5) is 10.2 Å². The number of halogens is 1. The van der Waals surface area contributed by atoms with Gasteiger partial charge in [0.05, 0.1) is 12.3 Å². The van der Waals surface area contributed by atoms with Gasteiger partial charge in [-0.1, -0.05) is 13.0 Å². The minimum absolute atomic E-state index is 0.0214. The Labute approximate surface area is 177 Å². The predicted octanol–water partition coefficient (Wildman–Crippen LogP) is 4.76. The Bertz CT molecular complexity index is 901. The fraction of sp³-hybridized carbons (Fsp3) is 0.522. The van der Waals surface area contributed by atoms with Crippen molar-refractivity contribution in [3.63, 3.8) is 0 Å². The molecule has 0 spiro atoms. The molecule has 2 aromatic rings. The van der Waals surface area contributed by atoms with Crippen molar-refractivity contribution in [2.24, 2.45) is 11.8 Å². The van der Waals surface area contributed by atoms with E-state index in [1.807, 2.05) is 13.8 Å². The lowest BCUT2D eigenvalue weighted by Gasteiger charge is -2.32. The van der Waals surface area contributed by atoms with Gasteiger partial charge in [0.2, 0.25) is 5.91 Å². The number of aromatic nitrogens is 2. The Morgan fingerprint density at radius 2 is 1.97 bits per heavy atom. The van der Waals surface area contributed by atoms with Crippen molar-refractivity contribution < 1.29 is 18.7 Å².